The molecule has 0 aliphatic carbocycles. The maximum atomic E-state index is 13.0. The largest absolute Gasteiger partial charge is 0.330 e. The fourth-order valence-electron chi connectivity index (χ4n) is 2.16. The van der Waals surface area contributed by atoms with Crippen LogP contribution in [0.5, 0.6) is 0 Å². The highest BCUT2D eigenvalue weighted by Crippen LogP contribution is 2.32. The van der Waals surface area contributed by atoms with Gasteiger partial charge in [0.05, 0.1) is 12.2 Å². The van der Waals surface area contributed by atoms with Crippen molar-refractivity contribution in [3.63, 3.8) is 0 Å². The van der Waals surface area contributed by atoms with Crippen molar-refractivity contribution in [1.82, 2.24) is 9.88 Å². The third-order valence-electron chi connectivity index (χ3n) is 3.09. The normalized spacial score (nSPS) is 14.5. The molecule has 3 rings (SSSR count). The van der Waals surface area contributed by atoms with Gasteiger partial charge in [0.25, 0.3) is 0 Å². The van der Waals surface area contributed by atoms with E-state index in [0.29, 0.717) is 18.1 Å². The van der Waals surface area contributed by atoms with Crippen molar-refractivity contribution in [3.05, 3.63) is 54.0 Å². The average Bonchev–Trinajstić information content (AvgIpc) is 2.42. The lowest BCUT2D eigenvalue weighted by Gasteiger charge is -2.33. The summed E-state index contributed by atoms with van der Waals surface area (Å²) in [6.07, 6.45) is 1.65. The summed E-state index contributed by atoms with van der Waals surface area (Å²) in [6.45, 7) is 0.527. The minimum Gasteiger partial charge on any atom is -0.323 e. The number of nitrogens with zero attached hydrogens (tertiary/aromatic N) is 3. The highest BCUT2D eigenvalue weighted by atomic mass is 19.1. The van der Waals surface area contributed by atoms with Crippen LogP contribution in [-0.2, 0) is 6.54 Å². The number of pyridine rings is 1. The van der Waals surface area contributed by atoms with Crippen LogP contribution in [0.2, 0.25) is 0 Å². The van der Waals surface area contributed by atoms with E-state index in [-0.39, 0.29) is 11.8 Å². The number of benzene rings is 1. The molecule has 0 unspecified atom stereocenters. The van der Waals surface area contributed by atoms with Crippen LogP contribution in [0, 0.1) is 5.82 Å². The second-order valence-electron chi connectivity index (χ2n) is 4.44. The summed E-state index contributed by atoms with van der Waals surface area (Å²) >= 11 is 0. The molecule has 0 radical (unpaired) electrons. The minimum absolute atomic E-state index is 0.169. The highest BCUT2D eigenvalue weighted by molar-refractivity contribution is 6.00. The number of aromatic nitrogens is 1. The van der Waals surface area contributed by atoms with Crippen LogP contribution in [0.3, 0.4) is 0 Å². The van der Waals surface area contributed by atoms with Crippen LogP contribution >= 0.6 is 0 Å². The Balaban J connectivity index is 2.13. The molecule has 2 amide bonds. The summed E-state index contributed by atoms with van der Waals surface area (Å²) in [5.74, 6) is 0.278. The first kappa shape index (κ1) is 11.6. The third-order valence-corrected chi connectivity index (χ3v) is 3.09. The standard InChI is InChI=1S/C14H12FN3O/c1-17-9-10-3-2-8-16-13(10)18(14(17)19)12-6-4-11(15)5-7-12/h2-8H,9H2,1H3. The molecule has 0 bridgehead atoms. The number of amides is 2. The number of urea groups is 1. The predicted molar refractivity (Wildman–Crippen MR) is 69.6 cm³/mol. The zero-order chi connectivity index (χ0) is 13.4. The minimum atomic E-state index is -0.331. The van der Waals surface area contributed by atoms with Gasteiger partial charge in [0.2, 0.25) is 0 Å². The molecular formula is C14H12FN3O. The summed E-state index contributed by atoms with van der Waals surface area (Å²) in [5, 5.41) is 0. The van der Waals surface area contributed by atoms with Gasteiger partial charge < -0.3 is 4.90 Å². The Morgan fingerprint density at radius 3 is 2.68 bits per heavy atom. The molecule has 1 aliphatic heterocycles. The maximum absolute atomic E-state index is 13.0. The van der Waals surface area contributed by atoms with Gasteiger partial charge in [-0.1, -0.05) is 6.07 Å². The summed E-state index contributed by atoms with van der Waals surface area (Å²) in [5.41, 5.74) is 1.58. The van der Waals surface area contributed by atoms with Crippen LogP contribution < -0.4 is 4.90 Å². The van der Waals surface area contributed by atoms with Crippen molar-refractivity contribution in [2.45, 2.75) is 6.54 Å². The lowest BCUT2D eigenvalue weighted by Crippen LogP contribution is -2.42. The summed E-state index contributed by atoms with van der Waals surface area (Å²) in [7, 11) is 1.73. The van der Waals surface area contributed by atoms with Crippen molar-refractivity contribution < 1.29 is 9.18 Å². The van der Waals surface area contributed by atoms with Crippen LogP contribution in [0.15, 0.2) is 42.6 Å². The molecule has 2 aromatic rings. The van der Waals surface area contributed by atoms with Crippen LogP contribution in [0.4, 0.5) is 20.7 Å². The van der Waals surface area contributed by atoms with E-state index in [1.165, 1.54) is 17.0 Å². The number of fused-ring (bicyclic) bond motifs is 1. The smallest absolute Gasteiger partial charge is 0.323 e. The first-order valence-corrected chi connectivity index (χ1v) is 5.91. The molecule has 0 N–H and O–H groups in total. The molecule has 5 heteroatoms. The van der Waals surface area contributed by atoms with Gasteiger partial charge in [-0.15, -0.1) is 0 Å². The number of rotatable bonds is 1. The van der Waals surface area contributed by atoms with Crippen LogP contribution in [0.1, 0.15) is 5.56 Å². The van der Waals surface area contributed by atoms with Crippen molar-refractivity contribution in [2.75, 3.05) is 11.9 Å². The van der Waals surface area contributed by atoms with E-state index in [2.05, 4.69) is 4.98 Å². The molecule has 0 spiro atoms. The Bertz CT molecular complexity index is 627. The molecule has 19 heavy (non-hydrogen) atoms. The molecular weight excluding hydrogens is 245 g/mol. The zero-order valence-corrected chi connectivity index (χ0v) is 10.4. The quantitative estimate of drug-likeness (QED) is 0.787. The third kappa shape index (κ3) is 1.93. The van der Waals surface area contributed by atoms with Crippen molar-refractivity contribution in [3.8, 4) is 0 Å². The second kappa shape index (κ2) is 4.35. The highest BCUT2D eigenvalue weighted by Gasteiger charge is 2.30. The predicted octanol–water partition coefficient (Wildman–Crippen LogP) is 2.92. The van der Waals surface area contributed by atoms with E-state index in [4.69, 9.17) is 0 Å². The van der Waals surface area contributed by atoms with Crippen molar-refractivity contribution >= 4 is 17.5 Å². The topological polar surface area (TPSA) is 36.4 Å². The monoisotopic (exact) mass is 257 g/mol. The Labute approximate surface area is 110 Å². The Kier molecular flexibility index (Phi) is 2.67. The number of hydrogen-bond donors (Lipinski definition) is 0. The Morgan fingerprint density at radius 1 is 1.21 bits per heavy atom. The molecule has 1 aliphatic rings. The molecule has 4 nitrogen and oxygen atoms in total. The molecule has 0 saturated heterocycles. The van der Waals surface area contributed by atoms with Gasteiger partial charge in [-0.3, -0.25) is 0 Å². The first-order chi connectivity index (χ1) is 9.16. The summed E-state index contributed by atoms with van der Waals surface area (Å²) < 4.78 is 13.0. The van der Waals surface area contributed by atoms with Gasteiger partial charge in [-0.2, -0.15) is 0 Å². The van der Waals surface area contributed by atoms with E-state index >= 15 is 0 Å². The zero-order valence-electron chi connectivity index (χ0n) is 10.4. The number of carbonyl (C=O) groups is 1. The van der Waals surface area contributed by atoms with Gasteiger partial charge in [0, 0.05) is 18.8 Å². The van der Waals surface area contributed by atoms with Crippen molar-refractivity contribution in [1.29, 1.82) is 0 Å². The SMILES string of the molecule is CN1Cc2cccnc2N(c2ccc(F)cc2)C1=O. The first-order valence-electron chi connectivity index (χ1n) is 5.91. The lowest BCUT2D eigenvalue weighted by molar-refractivity contribution is 0.213. The Morgan fingerprint density at radius 2 is 1.95 bits per heavy atom. The summed E-state index contributed by atoms with van der Waals surface area (Å²) in [4.78, 5) is 19.7. The molecule has 96 valence electrons. The number of halogens is 1. The molecule has 2 heterocycles. The van der Waals surface area contributed by atoms with E-state index in [9.17, 15) is 9.18 Å². The van der Waals surface area contributed by atoms with Gasteiger partial charge in [0.1, 0.15) is 11.6 Å². The van der Waals surface area contributed by atoms with Gasteiger partial charge >= 0.3 is 6.03 Å². The van der Waals surface area contributed by atoms with Gasteiger partial charge in [0.15, 0.2) is 0 Å². The molecule has 0 saturated carbocycles. The van der Waals surface area contributed by atoms with Crippen LogP contribution in [-0.4, -0.2) is 23.0 Å². The maximum Gasteiger partial charge on any atom is 0.330 e. The second-order valence-corrected chi connectivity index (χ2v) is 4.44. The number of anilines is 2. The summed E-state index contributed by atoms with van der Waals surface area (Å²) in [6, 6.07) is 9.42. The Hall–Kier alpha value is -2.43. The van der Waals surface area contributed by atoms with E-state index in [1.54, 1.807) is 30.3 Å². The molecule has 1 aromatic carbocycles. The number of hydrogen-bond acceptors (Lipinski definition) is 2. The van der Waals surface area contributed by atoms with Gasteiger partial charge in [-0.25, -0.2) is 19.1 Å². The van der Waals surface area contributed by atoms with Crippen molar-refractivity contribution in [2.24, 2.45) is 0 Å². The van der Waals surface area contributed by atoms with Crippen LogP contribution in [0.25, 0.3) is 0 Å². The molecule has 1 aromatic heterocycles. The molecule has 0 fully saturated rings. The fraction of sp³-hybridized carbons (Fsp3) is 0.143. The fourth-order valence-corrected chi connectivity index (χ4v) is 2.16. The van der Waals surface area contributed by atoms with E-state index < -0.39 is 0 Å². The number of carbonyl (C=O) groups excluding carboxylic acids is 1. The lowest BCUT2D eigenvalue weighted by atomic mass is 10.1. The van der Waals surface area contributed by atoms with Gasteiger partial charge in [-0.05, 0) is 30.3 Å². The van der Waals surface area contributed by atoms with E-state index in [0.717, 1.165) is 5.56 Å². The van der Waals surface area contributed by atoms with E-state index in [1.807, 2.05) is 12.1 Å². The average molecular weight is 257 g/mol. The molecule has 0 atom stereocenters.